The third kappa shape index (κ3) is 3.27. The van der Waals surface area contributed by atoms with Gasteiger partial charge in [-0.2, -0.15) is 0 Å². The van der Waals surface area contributed by atoms with Crippen LogP contribution >= 0.6 is 0 Å². The first kappa shape index (κ1) is 12.5. The number of benzene rings is 1. The normalized spacial score (nSPS) is 19.9. The average molecular weight is 236 g/mol. The molecule has 1 atom stereocenters. The smallest absolute Gasteiger partial charge is 0.123 e. The molecule has 2 rings (SSSR count). The van der Waals surface area contributed by atoms with Crippen molar-refractivity contribution in [3.05, 3.63) is 35.6 Å². The minimum absolute atomic E-state index is 0.0869. The lowest BCUT2D eigenvalue weighted by Gasteiger charge is -2.25. The summed E-state index contributed by atoms with van der Waals surface area (Å²) in [4.78, 5) is 0. The second-order valence-corrected chi connectivity index (χ2v) is 4.95. The van der Waals surface area contributed by atoms with E-state index < -0.39 is 0 Å². The summed E-state index contributed by atoms with van der Waals surface area (Å²) in [5, 5.41) is 0. The van der Waals surface area contributed by atoms with Gasteiger partial charge in [0.05, 0.1) is 0 Å². The SMILES string of the molecule is NNC(c1cccc(F)c1)C1CCCCCC1. The molecule has 0 spiro atoms. The Morgan fingerprint density at radius 1 is 1.18 bits per heavy atom. The zero-order valence-corrected chi connectivity index (χ0v) is 10.2. The van der Waals surface area contributed by atoms with Gasteiger partial charge in [0.15, 0.2) is 0 Å². The molecule has 0 aromatic heterocycles. The summed E-state index contributed by atoms with van der Waals surface area (Å²) < 4.78 is 13.2. The maximum atomic E-state index is 13.2. The molecule has 2 nitrogen and oxygen atoms in total. The van der Waals surface area contributed by atoms with Gasteiger partial charge in [0, 0.05) is 6.04 Å². The molecule has 0 heterocycles. The summed E-state index contributed by atoms with van der Waals surface area (Å²) >= 11 is 0. The maximum Gasteiger partial charge on any atom is 0.123 e. The zero-order chi connectivity index (χ0) is 12.1. The Morgan fingerprint density at radius 2 is 1.88 bits per heavy atom. The van der Waals surface area contributed by atoms with Crippen molar-refractivity contribution < 1.29 is 4.39 Å². The lowest BCUT2D eigenvalue weighted by molar-refractivity contribution is 0.328. The summed E-state index contributed by atoms with van der Waals surface area (Å²) in [5.41, 5.74) is 3.85. The second-order valence-electron chi connectivity index (χ2n) is 4.95. The third-order valence-electron chi connectivity index (χ3n) is 3.76. The van der Waals surface area contributed by atoms with Gasteiger partial charge in [0.1, 0.15) is 5.82 Å². The molecule has 0 amide bonds. The summed E-state index contributed by atoms with van der Waals surface area (Å²) in [6.45, 7) is 0. The molecule has 0 bridgehead atoms. The minimum Gasteiger partial charge on any atom is -0.271 e. The van der Waals surface area contributed by atoms with Crippen molar-refractivity contribution in [2.24, 2.45) is 11.8 Å². The number of nitrogens with one attached hydrogen (secondary N) is 1. The van der Waals surface area contributed by atoms with Crippen molar-refractivity contribution in [1.29, 1.82) is 0 Å². The van der Waals surface area contributed by atoms with Gasteiger partial charge < -0.3 is 0 Å². The van der Waals surface area contributed by atoms with E-state index >= 15 is 0 Å². The summed E-state index contributed by atoms with van der Waals surface area (Å²) in [6.07, 6.45) is 7.53. The molecule has 1 aromatic carbocycles. The highest BCUT2D eigenvalue weighted by atomic mass is 19.1. The van der Waals surface area contributed by atoms with Crippen molar-refractivity contribution in [2.45, 2.75) is 44.6 Å². The molecule has 3 N–H and O–H groups in total. The average Bonchev–Trinajstić information content (AvgIpc) is 2.59. The quantitative estimate of drug-likeness (QED) is 0.480. The first-order chi connectivity index (χ1) is 8.31. The maximum absolute atomic E-state index is 13.2. The van der Waals surface area contributed by atoms with Crippen LogP contribution in [0.1, 0.15) is 50.1 Å². The predicted molar refractivity (Wildman–Crippen MR) is 67.7 cm³/mol. The highest BCUT2D eigenvalue weighted by molar-refractivity contribution is 5.20. The largest absolute Gasteiger partial charge is 0.271 e. The van der Waals surface area contributed by atoms with Crippen LogP contribution in [-0.2, 0) is 0 Å². The molecular weight excluding hydrogens is 215 g/mol. The number of hydrogen-bond acceptors (Lipinski definition) is 2. The fourth-order valence-electron chi connectivity index (χ4n) is 2.85. The molecule has 0 radical (unpaired) electrons. The highest BCUT2D eigenvalue weighted by Gasteiger charge is 2.23. The summed E-state index contributed by atoms with van der Waals surface area (Å²) in [7, 11) is 0. The Labute approximate surface area is 102 Å². The van der Waals surface area contributed by atoms with Gasteiger partial charge >= 0.3 is 0 Å². The van der Waals surface area contributed by atoms with E-state index in [0.29, 0.717) is 5.92 Å². The van der Waals surface area contributed by atoms with Crippen LogP contribution in [0.5, 0.6) is 0 Å². The van der Waals surface area contributed by atoms with Gasteiger partial charge in [-0.3, -0.25) is 11.3 Å². The van der Waals surface area contributed by atoms with Crippen LogP contribution < -0.4 is 11.3 Å². The zero-order valence-electron chi connectivity index (χ0n) is 10.2. The van der Waals surface area contributed by atoms with Crippen molar-refractivity contribution in [2.75, 3.05) is 0 Å². The molecule has 0 aliphatic heterocycles. The number of nitrogens with two attached hydrogens (primary N) is 1. The van der Waals surface area contributed by atoms with E-state index in [0.717, 1.165) is 5.56 Å². The van der Waals surface area contributed by atoms with Gasteiger partial charge in [-0.1, -0.05) is 37.8 Å². The number of halogens is 1. The molecule has 17 heavy (non-hydrogen) atoms. The molecule has 1 unspecified atom stereocenters. The Bertz CT molecular complexity index is 346. The van der Waals surface area contributed by atoms with Gasteiger partial charge in [-0.25, -0.2) is 4.39 Å². The molecule has 94 valence electrons. The Balaban J connectivity index is 2.14. The lowest BCUT2D eigenvalue weighted by Crippen LogP contribution is -2.33. The van der Waals surface area contributed by atoms with Crippen LogP contribution in [-0.4, -0.2) is 0 Å². The van der Waals surface area contributed by atoms with Crippen LogP contribution in [0.2, 0.25) is 0 Å². The fourth-order valence-corrected chi connectivity index (χ4v) is 2.85. The molecular formula is C14H21FN2. The van der Waals surface area contributed by atoms with Crippen molar-refractivity contribution in [3.63, 3.8) is 0 Å². The third-order valence-corrected chi connectivity index (χ3v) is 3.76. The lowest BCUT2D eigenvalue weighted by atomic mass is 9.87. The van der Waals surface area contributed by atoms with E-state index in [1.807, 2.05) is 6.07 Å². The molecule has 1 aliphatic carbocycles. The standard InChI is InChI=1S/C14H21FN2/c15-13-9-5-8-12(10-13)14(17-16)11-6-3-1-2-4-7-11/h5,8-11,14,17H,1-4,6-7,16H2. The summed E-state index contributed by atoms with van der Waals surface area (Å²) in [5.74, 6) is 6.01. The van der Waals surface area contributed by atoms with E-state index in [9.17, 15) is 4.39 Å². The molecule has 1 aromatic rings. The van der Waals surface area contributed by atoms with Gasteiger partial charge in [-0.05, 0) is 36.5 Å². The molecule has 1 fully saturated rings. The van der Waals surface area contributed by atoms with Crippen LogP contribution in [0.4, 0.5) is 4.39 Å². The molecule has 1 saturated carbocycles. The minimum atomic E-state index is -0.184. The van der Waals surface area contributed by atoms with Gasteiger partial charge in [0.2, 0.25) is 0 Å². The second kappa shape index (κ2) is 6.12. The van der Waals surface area contributed by atoms with Gasteiger partial charge in [-0.15, -0.1) is 0 Å². The predicted octanol–water partition coefficient (Wildman–Crippen LogP) is 3.30. The van der Waals surface area contributed by atoms with E-state index in [1.54, 1.807) is 12.1 Å². The van der Waals surface area contributed by atoms with Crippen LogP contribution in [0.15, 0.2) is 24.3 Å². The number of hydrazine groups is 1. The van der Waals surface area contributed by atoms with Crippen molar-refractivity contribution >= 4 is 0 Å². The fraction of sp³-hybridized carbons (Fsp3) is 0.571. The first-order valence-corrected chi connectivity index (χ1v) is 6.53. The van der Waals surface area contributed by atoms with Crippen molar-refractivity contribution in [1.82, 2.24) is 5.43 Å². The molecule has 3 heteroatoms. The van der Waals surface area contributed by atoms with Crippen LogP contribution in [0, 0.1) is 11.7 Å². The Kier molecular flexibility index (Phi) is 4.51. The molecule has 0 saturated heterocycles. The van der Waals surface area contributed by atoms with Gasteiger partial charge in [0.25, 0.3) is 0 Å². The topological polar surface area (TPSA) is 38.0 Å². The Hall–Kier alpha value is -0.930. The Morgan fingerprint density at radius 3 is 2.47 bits per heavy atom. The molecule has 1 aliphatic rings. The summed E-state index contributed by atoms with van der Waals surface area (Å²) in [6, 6.07) is 6.87. The van der Waals surface area contributed by atoms with E-state index in [2.05, 4.69) is 5.43 Å². The van der Waals surface area contributed by atoms with Crippen LogP contribution in [0.25, 0.3) is 0 Å². The van der Waals surface area contributed by atoms with E-state index in [4.69, 9.17) is 5.84 Å². The van der Waals surface area contributed by atoms with Crippen LogP contribution in [0.3, 0.4) is 0 Å². The number of rotatable bonds is 3. The van der Waals surface area contributed by atoms with Crippen molar-refractivity contribution in [3.8, 4) is 0 Å². The monoisotopic (exact) mass is 236 g/mol. The van der Waals surface area contributed by atoms with E-state index in [-0.39, 0.29) is 11.9 Å². The number of hydrogen-bond donors (Lipinski definition) is 2. The van der Waals surface area contributed by atoms with E-state index in [1.165, 1.54) is 44.6 Å². The first-order valence-electron chi connectivity index (χ1n) is 6.53. The highest BCUT2D eigenvalue weighted by Crippen LogP contribution is 2.33.